The van der Waals surface area contributed by atoms with Crippen LogP contribution in [0.5, 0.6) is 5.75 Å². The molecule has 0 aliphatic carbocycles. The summed E-state index contributed by atoms with van der Waals surface area (Å²) in [6.45, 7) is 2.19. The summed E-state index contributed by atoms with van der Waals surface area (Å²) >= 11 is 1.34. The van der Waals surface area contributed by atoms with Crippen LogP contribution >= 0.6 is 11.3 Å². The number of nitrogens with one attached hydrogen (secondary N) is 2. The van der Waals surface area contributed by atoms with Crippen LogP contribution in [-0.4, -0.2) is 44.7 Å². The third-order valence-electron chi connectivity index (χ3n) is 4.58. The first-order valence-corrected chi connectivity index (χ1v) is 12.2. The fraction of sp³-hybridized carbons (Fsp3) is 0.227. The summed E-state index contributed by atoms with van der Waals surface area (Å²) in [5.41, 5.74) is 2.05. The van der Waals surface area contributed by atoms with E-state index in [-0.39, 0.29) is 18.2 Å². The lowest BCUT2D eigenvalue weighted by Crippen LogP contribution is -2.26. The maximum atomic E-state index is 12.4. The third kappa shape index (κ3) is 6.77. The molecule has 0 aliphatic rings. The first kappa shape index (κ1) is 24.2. The van der Waals surface area contributed by atoms with Gasteiger partial charge in [0.15, 0.2) is 22.4 Å². The Morgan fingerprint density at radius 1 is 1.09 bits per heavy atom. The van der Waals surface area contributed by atoms with Crippen molar-refractivity contribution in [3.05, 3.63) is 70.7 Å². The number of ether oxygens (including phenoxy) is 1. The monoisotopic (exact) mass is 488 g/mol. The fourth-order valence-corrected chi connectivity index (χ4v) is 4.11. The highest BCUT2D eigenvalue weighted by molar-refractivity contribution is 7.72. The lowest BCUT2D eigenvalue weighted by molar-refractivity contribution is -0.122. The van der Waals surface area contributed by atoms with Crippen LogP contribution in [0.2, 0.25) is 0 Å². The number of carbonyl (C=O) groups is 2. The summed E-state index contributed by atoms with van der Waals surface area (Å²) in [5.74, 6) is -0.655. The van der Waals surface area contributed by atoms with Gasteiger partial charge < -0.3 is 20.3 Å². The molecule has 2 amide bonds. The van der Waals surface area contributed by atoms with E-state index in [9.17, 15) is 18.0 Å². The lowest BCUT2D eigenvalue weighted by atomic mass is 10.2. The van der Waals surface area contributed by atoms with Crippen molar-refractivity contribution < 1.29 is 22.7 Å². The summed E-state index contributed by atoms with van der Waals surface area (Å²) in [5, 5.41) is 5.45. The van der Waals surface area contributed by atoms with Crippen molar-refractivity contribution in [1.29, 1.82) is 0 Å². The molecular formula is C22H24N4O5S2. The van der Waals surface area contributed by atoms with E-state index in [2.05, 4.69) is 15.6 Å². The second-order valence-corrected chi connectivity index (χ2v) is 9.09. The van der Waals surface area contributed by atoms with Crippen LogP contribution in [0, 0.1) is 6.92 Å². The van der Waals surface area contributed by atoms with Crippen LogP contribution in [0.15, 0.2) is 54.6 Å². The number of nitrogens with zero attached hydrogens (tertiary/aromatic N) is 2. The number of amides is 2. The maximum absolute atomic E-state index is 12.4. The average molecular weight is 489 g/mol. The number of thiol groups is 1. The molecule has 3 rings (SSSR count). The minimum absolute atomic E-state index is 0.0807. The van der Waals surface area contributed by atoms with Gasteiger partial charge in [-0.2, -0.15) is 0 Å². The predicted molar refractivity (Wildman–Crippen MR) is 128 cm³/mol. The Balaban J connectivity index is 1.88. The molecule has 11 heteroatoms. The van der Waals surface area contributed by atoms with Gasteiger partial charge in [0.05, 0.1) is 6.54 Å². The number of benzene rings is 2. The van der Waals surface area contributed by atoms with E-state index in [1.165, 1.54) is 11.3 Å². The van der Waals surface area contributed by atoms with Crippen LogP contribution < -0.4 is 20.3 Å². The Hall–Kier alpha value is -3.44. The number of rotatable bonds is 10. The first-order chi connectivity index (χ1) is 15.9. The molecule has 0 spiro atoms. The van der Waals surface area contributed by atoms with E-state index in [4.69, 9.17) is 4.74 Å². The van der Waals surface area contributed by atoms with Gasteiger partial charge in [0.2, 0.25) is 0 Å². The van der Waals surface area contributed by atoms with Gasteiger partial charge in [0.25, 0.3) is 11.8 Å². The van der Waals surface area contributed by atoms with Gasteiger partial charge in [-0.3, -0.25) is 9.59 Å². The van der Waals surface area contributed by atoms with Crippen LogP contribution in [0.4, 0.5) is 10.8 Å². The summed E-state index contributed by atoms with van der Waals surface area (Å²) in [7, 11) is -1.18. The number of hydrogen-bond donors (Lipinski definition) is 3. The number of anilines is 2. The van der Waals surface area contributed by atoms with Crippen molar-refractivity contribution in [2.75, 3.05) is 24.4 Å². The lowest BCUT2D eigenvalue weighted by Gasteiger charge is -2.22. The molecule has 2 aromatic carbocycles. The zero-order valence-electron chi connectivity index (χ0n) is 18.1. The summed E-state index contributed by atoms with van der Waals surface area (Å²) in [4.78, 5) is 30.9. The molecule has 2 N–H and O–H groups in total. The minimum atomic E-state index is -2.72. The van der Waals surface area contributed by atoms with Crippen molar-refractivity contribution in [3.63, 3.8) is 0 Å². The molecule has 0 fully saturated rings. The van der Waals surface area contributed by atoms with Crippen molar-refractivity contribution in [3.8, 4) is 5.75 Å². The number of thiazole rings is 1. The molecule has 1 aromatic heterocycles. The fourth-order valence-electron chi connectivity index (χ4n) is 2.91. The minimum Gasteiger partial charge on any atom is -0.484 e. The van der Waals surface area contributed by atoms with Gasteiger partial charge in [0, 0.05) is 17.6 Å². The molecule has 1 heterocycles. The highest BCUT2D eigenvalue weighted by atomic mass is 32.2. The van der Waals surface area contributed by atoms with Crippen LogP contribution in [-0.2, 0) is 22.0 Å². The molecule has 0 bridgehead atoms. The normalized spacial score (nSPS) is 10.6. The first-order valence-electron chi connectivity index (χ1n) is 9.99. The van der Waals surface area contributed by atoms with E-state index < -0.39 is 22.5 Å². The van der Waals surface area contributed by atoms with E-state index >= 15 is 0 Å². The van der Waals surface area contributed by atoms with Gasteiger partial charge >= 0.3 is 0 Å². The van der Waals surface area contributed by atoms with E-state index in [0.29, 0.717) is 22.3 Å². The molecule has 9 nitrogen and oxygen atoms in total. The number of carbonyl (C=O) groups excluding carboxylic acids is 2. The third-order valence-corrected chi connectivity index (χ3v) is 5.99. The molecule has 0 atom stereocenters. The Morgan fingerprint density at radius 2 is 1.79 bits per heavy atom. The Morgan fingerprint density at radius 3 is 2.42 bits per heavy atom. The summed E-state index contributed by atoms with van der Waals surface area (Å²) < 4.78 is 27.1. The Kier molecular flexibility index (Phi) is 8.39. The van der Waals surface area contributed by atoms with E-state index in [1.807, 2.05) is 47.4 Å². The maximum Gasteiger partial charge on any atom is 0.271 e. The molecular weight excluding hydrogens is 464 g/mol. The number of likely N-dealkylation sites (N-methyl/N-ethyl adjacent to an activating group) is 1. The topological polar surface area (TPSA) is 118 Å². The zero-order chi connectivity index (χ0) is 23.8. The van der Waals surface area contributed by atoms with Crippen molar-refractivity contribution in [2.45, 2.75) is 13.5 Å². The standard InChI is InChI=1S/C22H24N4O5S2/c1-15-20(21(28)24-14-33(29)30)25-22(32-15)26(12-16-6-4-3-5-7-16)17-8-10-18(11-9-17)31-13-19(27)23-2/h3-11,33H,12-14H2,1-2H3,(H,23,27)(H,24,28). The highest BCUT2D eigenvalue weighted by Gasteiger charge is 2.20. The van der Waals surface area contributed by atoms with E-state index in [1.54, 1.807) is 26.1 Å². The zero-order valence-corrected chi connectivity index (χ0v) is 19.8. The largest absolute Gasteiger partial charge is 0.484 e. The second kappa shape index (κ2) is 11.4. The van der Waals surface area contributed by atoms with Gasteiger partial charge in [-0.25, -0.2) is 13.4 Å². The number of aromatic nitrogens is 1. The van der Waals surface area contributed by atoms with Crippen molar-refractivity contribution in [2.24, 2.45) is 0 Å². The molecule has 3 aromatic rings. The van der Waals surface area contributed by atoms with Gasteiger partial charge in [-0.15, -0.1) is 11.3 Å². The van der Waals surface area contributed by atoms with E-state index in [0.717, 1.165) is 11.3 Å². The quantitative estimate of drug-likeness (QED) is 0.375. The highest BCUT2D eigenvalue weighted by Crippen LogP contribution is 2.34. The van der Waals surface area contributed by atoms with Crippen molar-refractivity contribution >= 4 is 44.7 Å². The molecule has 0 radical (unpaired) electrons. The molecule has 174 valence electrons. The molecule has 0 saturated carbocycles. The molecule has 0 aliphatic heterocycles. The SMILES string of the molecule is CNC(=O)COc1ccc(N(Cc2ccccc2)c2nc(C(=O)NC[SH](=O)=O)c(C)s2)cc1. The predicted octanol–water partition coefficient (Wildman–Crippen LogP) is 2.21. The second-order valence-electron chi connectivity index (χ2n) is 6.93. The van der Waals surface area contributed by atoms with Crippen LogP contribution in [0.25, 0.3) is 0 Å². The van der Waals surface area contributed by atoms with Gasteiger partial charge in [-0.05, 0) is 36.8 Å². The number of aryl methyl sites for hydroxylation is 1. The van der Waals surface area contributed by atoms with Crippen molar-refractivity contribution in [1.82, 2.24) is 15.6 Å². The molecule has 0 saturated heterocycles. The summed E-state index contributed by atoms with van der Waals surface area (Å²) in [6, 6.07) is 17.0. The average Bonchev–Trinajstić information content (AvgIpc) is 3.21. The summed E-state index contributed by atoms with van der Waals surface area (Å²) in [6.07, 6.45) is 0. The number of hydrogen-bond acceptors (Lipinski definition) is 8. The van der Waals surface area contributed by atoms with Gasteiger partial charge in [0.1, 0.15) is 17.3 Å². The van der Waals surface area contributed by atoms with Crippen LogP contribution in [0.3, 0.4) is 0 Å². The van der Waals surface area contributed by atoms with Gasteiger partial charge in [-0.1, -0.05) is 30.3 Å². The molecule has 0 unspecified atom stereocenters. The molecule has 33 heavy (non-hydrogen) atoms. The Bertz CT molecular complexity index is 1170. The van der Waals surface area contributed by atoms with Crippen LogP contribution in [0.1, 0.15) is 20.9 Å². The smallest absolute Gasteiger partial charge is 0.271 e. The Labute approximate surface area is 197 Å².